The van der Waals surface area contributed by atoms with Gasteiger partial charge in [0.05, 0.1) is 11.6 Å². The number of benzene rings is 1. The summed E-state index contributed by atoms with van der Waals surface area (Å²) in [5, 5.41) is 7.22. The summed E-state index contributed by atoms with van der Waals surface area (Å²) in [6.45, 7) is 2.48. The van der Waals surface area contributed by atoms with Crippen molar-refractivity contribution in [2.45, 2.75) is 31.2 Å². The second kappa shape index (κ2) is 6.62. The van der Waals surface area contributed by atoms with Crippen molar-refractivity contribution >= 4 is 23.4 Å². The molecule has 1 aromatic heterocycles. The molecule has 3 rings (SSSR count). The highest BCUT2D eigenvalue weighted by Gasteiger charge is 2.28. The van der Waals surface area contributed by atoms with Crippen molar-refractivity contribution in [1.82, 2.24) is 14.3 Å². The summed E-state index contributed by atoms with van der Waals surface area (Å²) >= 11 is 1.70. The molecule has 1 aliphatic heterocycles. The van der Waals surface area contributed by atoms with Crippen LogP contribution >= 0.6 is 11.8 Å². The van der Waals surface area contributed by atoms with Crippen LogP contribution in [0, 0.1) is 5.92 Å². The highest BCUT2D eigenvalue weighted by Crippen LogP contribution is 2.28. The molecule has 1 atom stereocenters. The maximum atomic E-state index is 12.6. The van der Waals surface area contributed by atoms with Crippen molar-refractivity contribution in [2.24, 2.45) is 13.0 Å². The number of hydrogen-bond donors (Lipinski definition) is 1. The Kier molecular flexibility index (Phi) is 4.56. The minimum absolute atomic E-state index is 0.0319. The van der Waals surface area contributed by atoms with E-state index in [0.717, 1.165) is 22.2 Å². The first kappa shape index (κ1) is 15.9. The number of amides is 1. The van der Waals surface area contributed by atoms with Gasteiger partial charge < -0.3 is 5.32 Å². The molecule has 0 saturated carbocycles. The predicted molar refractivity (Wildman–Crippen MR) is 90.7 cm³/mol. The molecular weight excluding hydrogens is 312 g/mol. The summed E-state index contributed by atoms with van der Waals surface area (Å²) in [6, 6.07) is 7.81. The second-order valence-electron chi connectivity index (χ2n) is 5.59. The van der Waals surface area contributed by atoms with Gasteiger partial charge in [0.25, 0.3) is 0 Å². The average Bonchev–Trinajstić information content (AvgIpc) is 2.84. The molecular formula is C16H20N4O2S. The number of fused-ring (bicyclic) bond motifs is 1. The third-order valence-electron chi connectivity index (χ3n) is 4.02. The number of carbonyl (C=O) groups excluding carboxylic acids is 1. The van der Waals surface area contributed by atoms with Crippen molar-refractivity contribution in [3.63, 3.8) is 0 Å². The van der Waals surface area contributed by atoms with E-state index < -0.39 is 0 Å². The first-order chi connectivity index (χ1) is 11.1. The van der Waals surface area contributed by atoms with Crippen LogP contribution in [0.5, 0.6) is 0 Å². The van der Waals surface area contributed by atoms with Gasteiger partial charge >= 0.3 is 5.69 Å². The lowest BCUT2D eigenvalue weighted by Gasteiger charge is -2.22. The van der Waals surface area contributed by atoms with Crippen LogP contribution < -0.4 is 11.0 Å². The van der Waals surface area contributed by atoms with E-state index >= 15 is 0 Å². The maximum absolute atomic E-state index is 12.6. The molecule has 0 fully saturated rings. The van der Waals surface area contributed by atoms with Crippen molar-refractivity contribution in [3.8, 4) is 0 Å². The molecule has 122 valence electrons. The van der Waals surface area contributed by atoms with Crippen LogP contribution in [0.1, 0.15) is 19.2 Å². The molecule has 1 aromatic carbocycles. The molecule has 0 bridgehead atoms. The van der Waals surface area contributed by atoms with E-state index in [-0.39, 0.29) is 17.5 Å². The summed E-state index contributed by atoms with van der Waals surface area (Å²) in [5.74, 6) is 1.48. The normalized spacial score (nSPS) is 16.9. The monoisotopic (exact) mass is 332 g/mol. The van der Waals surface area contributed by atoms with E-state index in [9.17, 15) is 9.59 Å². The largest absolute Gasteiger partial charge is 0.345 e. The molecule has 0 aliphatic carbocycles. The van der Waals surface area contributed by atoms with Crippen LogP contribution in [0.2, 0.25) is 0 Å². The molecule has 2 aromatic rings. The van der Waals surface area contributed by atoms with Crippen molar-refractivity contribution in [2.75, 3.05) is 11.1 Å². The van der Waals surface area contributed by atoms with Crippen LogP contribution in [-0.2, 0) is 24.8 Å². The van der Waals surface area contributed by atoms with Gasteiger partial charge in [-0.05, 0) is 24.3 Å². The van der Waals surface area contributed by atoms with Crippen molar-refractivity contribution < 1.29 is 4.79 Å². The first-order valence-electron chi connectivity index (χ1n) is 7.75. The van der Waals surface area contributed by atoms with Gasteiger partial charge in [-0.3, -0.25) is 9.36 Å². The fourth-order valence-corrected chi connectivity index (χ4v) is 3.60. The third kappa shape index (κ3) is 3.19. The average molecular weight is 332 g/mol. The fraction of sp³-hybridized carbons (Fsp3) is 0.438. The van der Waals surface area contributed by atoms with Gasteiger partial charge in [0.15, 0.2) is 0 Å². The Morgan fingerprint density at radius 1 is 1.43 bits per heavy atom. The number of thioether (sulfide) groups is 1. The zero-order valence-electron chi connectivity index (χ0n) is 13.3. The predicted octanol–water partition coefficient (Wildman–Crippen LogP) is 1.89. The van der Waals surface area contributed by atoms with E-state index in [4.69, 9.17) is 0 Å². The van der Waals surface area contributed by atoms with Crippen LogP contribution in [0.3, 0.4) is 0 Å². The molecule has 2 heterocycles. The van der Waals surface area contributed by atoms with Gasteiger partial charge in [-0.15, -0.1) is 11.8 Å². The number of para-hydroxylation sites is 1. The number of aryl methyl sites for hydroxylation is 2. The number of nitrogens with zero attached hydrogens (tertiary/aromatic N) is 3. The topological polar surface area (TPSA) is 68.9 Å². The van der Waals surface area contributed by atoms with Crippen LogP contribution in [-0.4, -0.2) is 26.0 Å². The zero-order valence-corrected chi connectivity index (χ0v) is 14.1. The Morgan fingerprint density at radius 2 is 2.22 bits per heavy atom. The van der Waals surface area contributed by atoms with E-state index in [1.54, 1.807) is 23.4 Å². The molecule has 1 aliphatic rings. The fourth-order valence-electron chi connectivity index (χ4n) is 2.84. The summed E-state index contributed by atoms with van der Waals surface area (Å²) in [4.78, 5) is 25.7. The maximum Gasteiger partial charge on any atom is 0.345 e. The highest BCUT2D eigenvalue weighted by molar-refractivity contribution is 7.99. The zero-order chi connectivity index (χ0) is 16.4. The Morgan fingerprint density at radius 3 is 3.00 bits per heavy atom. The van der Waals surface area contributed by atoms with Crippen LogP contribution in [0.4, 0.5) is 5.69 Å². The Hall–Kier alpha value is -2.02. The van der Waals surface area contributed by atoms with Gasteiger partial charge in [-0.1, -0.05) is 19.1 Å². The number of aromatic nitrogens is 3. The second-order valence-corrected chi connectivity index (χ2v) is 6.89. The van der Waals surface area contributed by atoms with Gasteiger partial charge in [0.1, 0.15) is 5.82 Å². The molecule has 7 heteroatoms. The van der Waals surface area contributed by atoms with Crippen LogP contribution in [0.15, 0.2) is 34.0 Å². The summed E-state index contributed by atoms with van der Waals surface area (Å²) in [7, 11) is 1.64. The highest BCUT2D eigenvalue weighted by atomic mass is 32.2. The van der Waals surface area contributed by atoms with E-state index in [1.807, 2.05) is 24.3 Å². The van der Waals surface area contributed by atoms with Gasteiger partial charge in [0.2, 0.25) is 5.91 Å². The Bertz CT molecular complexity index is 781. The summed E-state index contributed by atoms with van der Waals surface area (Å²) in [6.07, 6.45) is 1.37. The van der Waals surface area contributed by atoms with Crippen molar-refractivity contribution in [1.29, 1.82) is 0 Å². The minimum atomic E-state index is -0.205. The van der Waals surface area contributed by atoms with Crippen molar-refractivity contribution in [3.05, 3.63) is 40.6 Å². The molecule has 23 heavy (non-hydrogen) atoms. The molecule has 1 amide bonds. The van der Waals surface area contributed by atoms with E-state index in [0.29, 0.717) is 19.4 Å². The lowest BCUT2D eigenvalue weighted by molar-refractivity contribution is -0.120. The molecule has 0 saturated heterocycles. The van der Waals surface area contributed by atoms with Gasteiger partial charge in [-0.2, -0.15) is 5.10 Å². The Labute approximate surface area is 138 Å². The van der Waals surface area contributed by atoms with Gasteiger partial charge in [0, 0.05) is 24.9 Å². The number of hydrogen-bond acceptors (Lipinski definition) is 4. The minimum Gasteiger partial charge on any atom is -0.325 e. The molecule has 1 N–H and O–H groups in total. The van der Waals surface area contributed by atoms with E-state index in [2.05, 4.69) is 17.3 Å². The molecule has 0 spiro atoms. The van der Waals surface area contributed by atoms with Crippen LogP contribution in [0.25, 0.3) is 0 Å². The standard InChI is InChI=1S/C16H20N4O2S/c1-3-23-13-7-5-4-6-12(13)17-15(21)11-8-9-14-18-19(2)16(22)20(14)10-11/h4-7,11H,3,8-10H2,1-2H3,(H,17,21). The summed E-state index contributed by atoms with van der Waals surface area (Å²) in [5.41, 5.74) is 0.688. The summed E-state index contributed by atoms with van der Waals surface area (Å²) < 4.78 is 2.95. The lowest BCUT2D eigenvalue weighted by atomic mass is 9.98. The first-order valence-corrected chi connectivity index (χ1v) is 8.74. The SMILES string of the molecule is CCSc1ccccc1NC(=O)C1CCc2nn(C)c(=O)n2C1. The molecule has 1 unspecified atom stereocenters. The number of anilines is 1. The number of carbonyl (C=O) groups is 1. The third-order valence-corrected chi connectivity index (χ3v) is 4.98. The van der Waals surface area contributed by atoms with E-state index in [1.165, 1.54) is 4.68 Å². The smallest absolute Gasteiger partial charge is 0.325 e. The lowest BCUT2D eigenvalue weighted by Crippen LogP contribution is -2.35. The number of rotatable bonds is 4. The quantitative estimate of drug-likeness (QED) is 0.868. The Balaban J connectivity index is 1.75. The van der Waals surface area contributed by atoms with Gasteiger partial charge in [-0.25, -0.2) is 9.48 Å². The molecule has 6 nitrogen and oxygen atoms in total. The molecule has 0 radical (unpaired) electrons. The number of nitrogens with one attached hydrogen (secondary N) is 1.